The van der Waals surface area contributed by atoms with Gasteiger partial charge in [0.05, 0.1) is 31.6 Å². The first-order valence-corrected chi connectivity index (χ1v) is 13.7. The van der Waals surface area contributed by atoms with Crippen LogP contribution < -0.4 is 14.4 Å². The van der Waals surface area contributed by atoms with Gasteiger partial charge in [0.1, 0.15) is 17.0 Å². The maximum atomic E-state index is 13.7. The molecule has 1 aliphatic heterocycles. The standard InChI is InChI=1S/C28H37N3O4S/c1-4-5-6-18-35-23-11-9-22(10-12-23)27(32)31(15-7-14-30-16-19-34-20-17-30)28-29-25-24(33-3)13-8-21(2)26(25)36-28/h8-13H,4-7,14-20H2,1-3H3. The summed E-state index contributed by atoms with van der Waals surface area (Å²) < 4.78 is 17.9. The zero-order valence-electron chi connectivity index (χ0n) is 21.6. The molecule has 0 spiro atoms. The Balaban J connectivity index is 1.54. The lowest BCUT2D eigenvalue weighted by atomic mass is 10.2. The molecule has 0 radical (unpaired) electrons. The number of ether oxygens (including phenoxy) is 3. The molecule has 1 aliphatic rings. The van der Waals surface area contributed by atoms with Gasteiger partial charge < -0.3 is 14.2 Å². The number of carbonyl (C=O) groups is 1. The monoisotopic (exact) mass is 511 g/mol. The van der Waals surface area contributed by atoms with E-state index in [1.165, 1.54) is 0 Å². The van der Waals surface area contributed by atoms with E-state index in [1.807, 2.05) is 41.3 Å². The number of anilines is 1. The van der Waals surface area contributed by atoms with Gasteiger partial charge in [0.15, 0.2) is 5.13 Å². The fourth-order valence-electron chi connectivity index (χ4n) is 4.33. The van der Waals surface area contributed by atoms with Gasteiger partial charge in [-0.2, -0.15) is 0 Å². The van der Waals surface area contributed by atoms with Crippen molar-refractivity contribution in [2.45, 2.75) is 39.5 Å². The number of aromatic nitrogens is 1. The van der Waals surface area contributed by atoms with Crippen molar-refractivity contribution in [1.82, 2.24) is 9.88 Å². The number of amides is 1. The molecule has 3 aromatic rings. The summed E-state index contributed by atoms with van der Waals surface area (Å²) in [6.07, 6.45) is 4.21. The van der Waals surface area contributed by atoms with Crippen molar-refractivity contribution in [3.63, 3.8) is 0 Å². The molecule has 194 valence electrons. The van der Waals surface area contributed by atoms with Gasteiger partial charge in [-0.15, -0.1) is 0 Å². The number of rotatable bonds is 12. The molecular weight excluding hydrogens is 474 g/mol. The summed E-state index contributed by atoms with van der Waals surface area (Å²) in [6.45, 7) is 9.86. The van der Waals surface area contributed by atoms with Crippen LogP contribution in [0.25, 0.3) is 10.2 Å². The average molecular weight is 512 g/mol. The topological polar surface area (TPSA) is 64.1 Å². The largest absolute Gasteiger partial charge is 0.494 e. The Morgan fingerprint density at radius 3 is 2.61 bits per heavy atom. The molecule has 1 aromatic heterocycles. The van der Waals surface area contributed by atoms with Crippen LogP contribution in [-0.2, 0) is 4.74 Å². The fraction of sp³-hybridized carbons (Fsp3) is 0.500. The zero-order valence-corrected chi connectivity index (χ0v) is 22.4. The first-order chi connectivity index (χ1) is 17.6. The lowest BCUT2D eigenvalue weighted by Gasteiger charge is -2.27. The van der Waals surface area contributed by atoms with Gasteiger partial charge in [-0.1, -0.05) is 37.2 Å². The summed E-state index contributed by atoms with van der Waals surface area (Å²) >= 11 is 1.55. The number of fused-ring (bicyclic) bond motifs is 1. The molecular formula is C28H37N3O4S. The van der Waals surface area contributed by atoms with Crippen molar-refractivity contribution in [2.24, 2.45) is 0 Å². The quantitative estimate of drug-likeness (QED) is 0.297. The van der Waals surface area contributed by atoms with Crippen molar-refractivity contribution in [3.05, 3.63) is 47.5 Å². The molecule has 1 saturated heterocycles. The highest BCUT2D eigenvalue weighted by atomic mass is 32.1. The maximum absolute atomic E-state index is 13.7. The molecule has 0 N–H and O–H groups in total. The summed E-state index contributed by atoms with van der Waals surface area (Å²) in [5.74, 6) is 1.47. The zero-order chi connectivity index (χ0) is 25.3. The van der Waals surface area contributed by atoms with Gasteiger partial charge >= 0.3 is 0 Å². The molecule has 1 fully saturated rings. The number of hydrogen-bond donors (Lipinski definition) is 0. The van der Waals surface area contributed by atoms with Crippen molar-refractivity contribution in [1.29, 1.82) is 0 Å². The first-order valence-electron chi connectivity index (χ1n) is 12.9. The van der Waals surface area contributed by atoms with E-state index < -0.39 is 0 Å². The maximum Gasteiger partial charge on any atom is 0.260 e. The number of morpholine rings is 1. The Kier molecular flexibility index (Phi) is 9.55. The molecule has 8 heteroatoms. The van der Waals surface area contributed by atoms with E-state index in [9.17, 15) is 4.79 Å². The minimum absolute atomic E-state index is 0.0508. The molecule has 0 saturated carbocycles. The second-order valence-corrected chi connectivity index (χ2v) is 10.1. The van der Waals surface area contributed by atoms with Gasteiger partial charge in [-0.05, 0) is 55.7 Å². The van der Waals surface area contributed by atoms with Gasteiger partial charge in [-0.25, -0.2) is 4.98 Å². The molecule has 2 heterocycles. The minimum Gasteiger partial charge on any atom is -0.494 e. The predicted molar refractivity (Wildman–Crippen MR) is 146 cm³/mol. The van der Waals surface area contributed by atoms with Crippen LogP contribution in [0, 0.1) is 6.92 Å². The van der Waals surface area contributed by atoms with Crippen LogP contribution in [0.4, 0.5) is 5.13 Å². The number of aryl methyl sites for hydroxylation is 1. The van der Waals surface area contributed by atoms with Gasteiger partial charge in [-0.3, -0.25) is 14.6 Å². The smallest absolute Gasteiger partial charge is 0.260 e. The summed E-state index contributed by atoms with van der Waals surface area (Å²) in [4.78, 5) is 22.8. The van der Waals surface area contributed by atoms with Crippen LogP contribution in [0.1, 0.15) is 48.5 Å². The second kappa shape index (κ2) is 13.0. The SMILES string of the molecule is CCCCCOc1ccc(C(=O)N(CCCN2CCOCC2)c2nc3c(OC)ccc(C)c3s2)cc1. The Morgan fingerprint density at radius 1 is 1.11 bits per heavy atom. The lowest BCUT2D eigenvalue weighted by Crippen LogP contribution is -2.39. The Labute approximate surface area is 218 Å². The number of thiazole rings is 1. The van der Waals surface area contributed by atoms with E-state index in [0.29, 0.717) is 23.8 Å². The molecule has 0 aliphatic carbocycles. The molecule has 0 bridgehead atoms. The highest BCUT2D eigenvalue weighted by Crippen LogP contribution is 2.37. The Bertz CT molecular complexity index is 1130. The van der Waals surface area contributed by atoms with Gasteiger partial charge in [0.2, 0.25) is 0 Å². The Hall–Kier alpha value is -2.68. The first kappa shape index (κ1) is 26.4. The summed E-state index contributed by atoms with van der Waals surface area (Å²) in [6, 6.07) is 11.4. The second-order valence-electron chi connectivity index (χ2n) is 9.10. The molecule has 2 aromatic carbocycles. The molecule has 0 unspecified atom stereocenters. The van der Waals surface area contributed by atoms with Crippen LogP contribution in [0.3, 0.4) is 0 Å². The molecule has 0 atom stereocenters. The molecule has 1 amide bonds. The van der Waals surface area contributed by atoms with E-state index in [2.05, 4.69) is 18.7 Å². The fourth-order valence-corrected chi connectivity index (χ4v) is 5.41. The number of methoxy groups -OCH3 is 1. The molecule has 4 rings (SSSR count). The van der Waals surface area contributed by atoms with Crippen molar-refractivity contribution in [3.8, 4) is 11.5 Å². The summed E-state index contributed by atoms with van der Waals surface area (Å²) in [7, 11) is 1.65. The van der Waals surface area contributed by atoms with Crippen LogP contribution in [0.2, 0.25) is 0 Å². The van der Waals surface area contributed by atoms with E-state index in [4.69, 9.17) is 19.2 Å². The van der Waals surface area contributed by atoms with Crippen molar-refractivity contribution < 1.29 is 19.0 Å². The summed E-state index contributed by atoms with van der Waals surface area (Å²) in [5, 5.41) is 0.699. The highest BCUT2D eigenvalue weighted by molar-refractivity contribution is 7.22. The third-order valence-electron chi connectivity index (χ3n) is 6.47. The third kappa shape index (κ3) is 6.55. The normalized spacial score (nSPS) is 14.2. The van der Waals surface area contributed by atoms with Gasteiger partial charge in [0.25, 0.3) is 5.91 Å². The van der Waals surface area contributed by atoms with Crippen molar-refractivity contribution >= 4 is 32.6 Å². The molecule has 36 heavy (non-hydrogen) atoms. The molecule has 7 nitrogen and oxygen atoms in total. The van der Waals surface area contributed by atoms with Crippen LogP contribution in [0.5, 0.6) is 11.5 Å². The average Bonchev–Trinajstić information content (AvgIpc) is 3.36. The van der Waals surface area contributed by atoms with Crippen LogP contribution in [-0.4, -0.2) is 68.9 Å². The van der Waals surface area contributed by atoms with E-state index in [1.54, 1.807) is 18.4 Å². The van der Waals surface area contributed by atoms with E-state index in [-0.39, 0.29) is 5.91 Å². The Morgan fingerprint density at radius 2 is 1.89 bits per heavy atom. The number of unbranched alkanes of at least 4 members (excludes halogenated alkanes) is 2. The number of nitrogens with zero attached hydrogens (tertiary/aromatic N) is 3. The van der Waals surface area contributed by atoms with E-state index >= 15 is 0 Å². The third-order valence-corrected chi connectivity index (χ3v) is 7.68. The number of carbonyl (C=O) groups excluding carboxylic acids is 1. The van der Waals surface area contributed by atoms with Crippen LogP contribution >= 0.6 is 11.3 Å². The lowest BCUT2D eigenvalue weighted by molar-refractivity contribution is 0.0376. The van der Waals surface area contributed by atoms with E-state index in [0.717, 1.165) is 85.8 Å². The number of benzene rings is 2. The summed E-state index contributed by atoms with van der Waals surface area (Å²) in [5.41, 5.74) is 2.56. The highest BCUT2D eigenvalue weighted by Gasteiger charge is 2.23. The van der Waals surface area contributed by atoms with Crippen LogP contribution in [0.15, 0.2) is 36.4 Å². The van der Waals surface area contributed by atoms with Crippen molar-refractivity contribution in [2.75, 3.05) is 58.0 Å². The van der Waals surface area contributed by atoms with Gasteiger partial charge in [0, 0.05) is 31.7 Å². The number of hydrogen-bond acceptors (Lipinski definition) is 7. The minimum atomic E-state index is -0.0508. The predicted octanol–water partition coefficient (Wildman–Crippen LogP) is 5.55.